The summed E-state index contributed by atoms with van der Waals surface area (Å²) < 4.78 is 0. The maximum atomic E-state index is 12.9. The van der Waals surface area contributed by atoms with E-state index in [4.69, 9.17) is 17.3 Å². The Morgan fingerprint density at radius 2 is 1.78 bits per heavy atom. The molecule has 0 bridgehead atoms. The molecule has 0 radical (unpaired) electrons. The molecular formula is C28H32Cl2N4O2. The molecule has 1 heterocycles. The molecular weight excluding hydrogens is 495 g/mol. The van der Waals surface area contributed by atoms with Crippen molar-refractivity contribution in [2.45, 2.75) is 37.1 Å². The lowest BCUT2D eigenvalue weighted by Gasteiger charge is -2.42. The fourth-order valence-corrected chi connectivity index (χ4v) is 5.10. The van der Waals surface area contributed by atoms with Crippen molar-refractivity contribution in [1.29, 1.82) is 0 Å². The third-order valence-corrected chi connectivity index (χ3v) is 7.42. The van der Waals surface area contributed by atoms with Crippen LogP contribution >= 0.6 is 24.0 Å². The summed E-state index contributed by atoms with van der Waals surface area (Å²) in [6.45, 7) is 0.488. The molecule has 1 aliphatic carbocycles. The number of amides is 2. The lowest BCUT2D eigenvalue weighted by molar-refractivity contribution is -0.131. The van der Waals surface area contributed by atoms with Gasteiger partial charge in [0.05, 0.1) is 12.1 Å². The number of hydrogen-bond donors (Lipinski definition) is 2. The van der Waals surface area contributed by atoms with Crippen LogP contribution in [0.5, 0.6) is 0 Å². The number of likely N-dealkylation sites (N-methyl/N-ethyl adjacent to an activating group) is 1. The van der Waals surface area contributed by atoms with E-state index in [1.807, 2.05) is 55.6 Å². The predicted molar refractivity (Wildman–Crippen MR) is 146 cm³/mol. The van der Waals surface area contributed by atoms with Crippen LogP contribution in [-0.2, 0) is 10.2 Å². The summed E-state index contributed by atoms with van der Waals surface area (Å²) in [4.78, 5) is 31.5. The van der Waals surface area contributed by atoms with Crippen LogP contribution in [-0.4, -0.2) is 47.9 Å². The average Bonchev–Trinajstić information content (AvgIpc) is 2.91. The van der Waals surface area contributed by atoms with Crippen LogP contribution in [0.3, 0.4) is 0 Å². The van der Waals surface area contributed by atoms with Crippen LogP contribution in [0.1, 0.15) is 41.6 Å². The van der Waals surface area contributed by atoms with Crippen molar-refractivity contribution in [2.24, 2.45) is 5.73 Å². The van der Waals surface area contributed by atoms with Crippen LogP contribution in [0, 0.1) is 0 Å². The summed E-state index contributed by atoms with van der Waals surface area (Å²) in [6.07, 6.45) is 6.71. The van der Waals surface area contributed by atoms with E-state index in [2.05, 4.69) is 16.4 Å². The minimum Gasteiger partial charge on any atom is -0.343 e. The summed E-state index contributed by atoms with van der Waals surface area (Å²) in [5.74, 6) is -0.428. The molecule has 2 aromatic carbocycles. The molecule has 1 saturated carbocycles. The van der Waals surface area contributed by atoms with Gasteiger partial charge in [-0.15, -0.1) is 12.4 Å². The number of aromatic nitrogens is 1. The molecule has 0 spiro atoms. The first kappa shape index (κ1) is 27.7. The molecule has 1 aliphatic rings. The van der Waals surface area contributed by atoms with Gasteiger partial charge in [-0.05, 0) is 55.0 Å². The molecule has 8 heteroatoms. The second-order valence-corrected chi connectivity index (χ2v) is 9.68. The standard InChI is InChI=1S/C28H31ClN4O2.ClH/c1-33(25-10-12-28(19-30,13-11-25)23-8-5-9-24(29)15-23)26(34)18-32-27(35)22-14-21(16-31-17-22)20-6-3-2-4-7-20;/h2-9,14-17,25H,10-13,18-19,30H2,1H3,(H,32,35);1H. The fraction of sp³-hybridized carbons (Fsp3) is 0.321. The molecule has 2 amide bonds. The number of pyridine rings is 1. The fourth-order valence-electron chi connectivity index (χ4n) is 4.91. The van der Waals surface area contributed by atoms with E-state index >= 15 is 0 Å². The Balaban J connectivity index is 0.00000361. The van der Waals surface area contributed by atoms with Crippen molar-refractivity contribution in [1.82, 2.24) is 15.2 Å². The van der Waals surface area contributed by atoms with Gasteiger partial charge in [0.25, 0.3) is 5.91 Å². The van der Waals surface area contributed by atoms with Gasteiger partial charge in [-0.2, -0.15) is 0 Å². The van der Waals surface area contributed by atoms with Gasteiger partial charge in [-0.3, -0.25) is 14.6 Å². The quantitative estimate of drug-likeness (QED) is 0.460. The maximum Gasteiger partial charge on any atom is 0.253 e. The van der Waals surface area contributed by atoms with Crippen LogP contribution in [0.4, 0.5) is 0 Å². The Kier molecular flexibility index (Phi) is 9.49. The smallest absolute Gasteiger partial charge is 0.253 e. The van der Waals surface area contributed by atoms with Crippen molar-refractivity contribution >= 4 is 35.8 Å². The number of nitrogens with zero attached hydrogens (tertiary/aromatic N) is 2. The molecule has 4 rings (SSSR count). The number of nitrogens with one attached hydrogen (secondary N) is 1. The second kappa shape index (κ2) is 12.3. The summed E-state index contributed by atoms with van der Waals surface area (Å²) >= 11 is 6.22. The molecule has 1 fully saturated rings. The van der Waals surface area contributed by atoms with E-state index in [0.29, 0.717) is 17.1 Å². The summed E-state index contributed by atoms with van der Waals surface area (Å²) in [6, 6.07) is 19.6. The Bertz CT molecular complexity index is 1180. The third kappa shape index (κ3) is 6.25. The van der Waals surface area contributed by atoms with Crippen molar-refractivity contribution < 1.29 is 9.59 Å². The van der Waals surface area contributed by atoms with Crippen LogP contribution in [0.15, 0.2) is 73.1 Å². The number of carbonyl (C=O) groups excluding carboxylic acids is 2. The van der Waals surface area contributed by atoms with E-state index in [1.165, 1.54) is 11.8 Å². The van der Waals surface area contributed by atoms with Gasteiger partial charge in [0.1, 0.15) is 0 Å². The van der Waals surface area contributed by atoms with Crippen molar-refractivity contribution in [2.75, 3.05) is 20.1 Å². The highest BCUT2D eigenvalue weighted by Crippen LogP contribution is 2.40. The molecule has 6 nitrogen and oxygen atoms in total. The van der Waals surface area contributed by atoms with Crippen molar-refractivity contribution in [3.63, 3.8) is 0 Å². The predicted octanol–water partition coefficient (Wildman–Crippen LogP) is 4.85. The van der Waals surface area contributed by atoms with Gasteiger partial charge in [-0.25, -0.2) is 0 Å². The number of hydrogen-bond acceptors (Lipinski definition) is 4. The normalized spacial score (nSPS) is 19.1. The van der Waals surface area contributed by atoms with Gasteiger partial charge >= 0.3 is 0 Å². The second-order valence-electron chi connectivity index (χ2n) is 9.24. The summed E-state index contributed by atoms with van der Waals surface area (Å²) in [5.41, 5.74) is 9.52. The number of nitrogens with two attached hydrogens (primary N) is 1. The van der Waals surface area contributed by atoms with E-state index in [0.717, 1.165) is 36.8 Å². The minimum absolute atomic E-state index is 0. The lowest BCUT2D eigenvalue weighted by Crippen LogP contribution is -2.48. The lowest BCUT2D eigenvalue weighted by atomic mass is 9.68. The third-order valence-electron chi connectivity index (χ3n) is 7.19. The zero-order valence-corrected chi connectivity index (χ0v) is 21.9. The largest absolute Gasteiger partial charge is 0.343 e. The highest BCUT2D eigenvalue weighted by molar-refractivity contribution is 6.30. The zero-order chi connectivity index (χ0) is 24.8. The number of benzene rings is 2. The summed E-state index contributed by atoms with van der Waals surface area (Å²) in [5, 5.41) is 3.47. The molecule has 36 heavy (non-hydrogen) atoms. The number of carbonyl (C=O) groups is 2. The highest BCUT2D eigenvalue weighted by atomic mass is 35.5. The molecule has 190 valence electrons. The van der Waals surface area contributed by atoms with E-state index in [-0.39, 0.29) is 42.2 Å². The molecule has 0 unspecified atom stereocenters. The van der Waals surface area contributed by atoms with E-state index in [1.54, 1.807) is 17.2 Å². The first-order chi connectivity index (χ1) is 16.9. The van der Waals surface area contributed by atoms with Crippen molar-refractivity contribution in [3.05, 3.63) is 89.2 Å². The molecule has 0 saturated heterocycles. The van der Waals surface area contributed by atoms with Gasteiger partial charge in [-0.1, -0.05) is 54.1 Å². The monoisotopic (exact) mass is 526 g/mol. The Hall–Kier alpha value is -2.93. The van der Waals surface area contributed by atoms with Gasteiger partial charge in [0.2, 0.25) is 5.91 Å². The van der Waals surface area contributed by atoms with Crippen LogP contribution in [0.2, 0.25) is 5.02 Å². The van der Waals surface area contributed by atoms with Gasteiger partial charge < -0.3 is 16.0 Å². The minimum atomic E-state index is -0.316. The van der Waals surface area contributed by atoms with Crippen LogP contribution in [0.25, 0.3) is 11.1 Å². The van der Waals surface area contributed by atoms with E-state index < -0.39 is 0 Å². The average molecular weight is 527 g/mol. The molecule has 0 aliphatic heterocycles. The summed E-state index contributed by atoms with van der Waals surface area (Å²) in [7, 11) is 1.81. The van der Waals surface area contributed by atoms with Crippen LogP contribution < -0.4 is 11.1 Å². The SMILES string of the molecule is CN(C(=O)CNC(=O)c1cncc(-c2ccccc2)c1)C1CCC(CN)(c2cccc(Cl)c2)CC1.Cl. The maximum absolute atomic E-state index is 12.9. The first-order valence-corrected chi connectivity index (χ1v) is 12.3. The topological polar surface area (TPSA) is 88.3 Å². The molecule has 3 aromatic rings. The number of rotatable bonds is 7. The Labute approximate surface area is 223 Å². The van der Waals surface area contributed by atoms with Gasteiger partial charge in [0.15, 0.2) is 0 Å². The molecule has 3 N–H and O–H groups in total. The van der Waals surface area contributed by atoms with Gasteiger partial charge in [0, 0.05) is 48.0 Å². The highest BCUT2D eigenvalue weighted by Gasteiger charge is 2.37. The van der Waals surface area contributed by atoms with Crippen molar-refractivity contribution in [3.8, 4) is 11.1 Å². The molecule has 1 aromatic heterocycles. The molecule has 0 atom stereocenters. The zero-order valence-electron chi connectivity index (χ0n) is 20.3. The Morgan fingerprint density at radius 1 is 1.06 bits per heavy atom. The first-order valence-electron chi connectivity index (χ1n) is 11.9. The Morgan fingerprint density at radius 3 is 2.44 bits per heavy atom. The van der Waals surface area contributed by atoms with E-state index in [9.17, 15) is 9.59 Å². The number of halogens is 2.